The van der Waals surface area contributed by atoms with E-state index in [-0.39, 0.29) is 30.2 Å². The summed E-state index contributed by atoms with van der Waals surface area (Å²) in [5.74, 6) is 0.0146. The quantitative estimate of drug-likeness (QED) is 0.260. The molecule has 4 rings (SSSR count). The topological polar surface area (TPSA) is 202 Å². The van der Waals surface area contributed by atoms with Crippen LogP contribution in [0, 0.1) is 5.41 Å². The Bertz CT molecular complexity index is 1280. The van der Waals surface area contributed by atoms with Crippen LogP contribution in [-0.2, 0) is 30.7 Å². The summed E-state index contributed by atoms with van der Waals surface area (Å²) in [6.07, 6.45) is 0.306. The number of ether oxygens (including phenoxy) is 2. The number of aromatic nitrogens is 1. The molecule has 3 fully saturated rings. The Morgan fingerprint density at radius 3 is 2.23 bits per heavy atom. The fourth-order valence-electron chi connectivity index (χ4n) is 4.71. The molecule has 3 aliphatic rings. The Hall–Kier alpha value is -3.44. The minimum absolute atomic E-state index is 0.152. The molecule has 1 saturated carbocycles. The number of hydroxylamine groups is 2. The molecule has 2 bridgehead atoms. The van der Waals surface area contributed by atoms with Crippen LogP contribution in [-0.4, -0.2) is 76.1 Å². The first kappa shape index (κ1) is 29.5. The molecule has 4 amide bonds. The van der Waals surface area contributed by atoms with Crippen LogP contribution in [0.4, 0.5) is 14.4 Å². The summed E-state index contributed by atoms with van der Waals surface area (Å²) in [4.78, 5) is 43.2. The van der Waals surface area contributed by atoms with Crippen molar-refractivity contribution >= 4 is 34.6 Å². The first-order valence-electron chi connectivity index (χ1n) is 12.6. The van der Waals surface area contributed by atoms with Crippen molar-refractivity contribution < 1.29 is 45.6 Å². The molecule has 16 nitrogen and oxygen atoms in total. The zero-order valence-corrected chi connectivity index (χ0v) is 23.9. The number of fused-ring (bicyclic) bond motifs is 3. The maximum absolute atomic E-state index is 13.0. The Morgan fingerprint density at radius 1 is 1.15 bits per heavy atom. The third kappa shape index (κ3) is 7.19. The van der Waals surface area contributed by atoms with Crippen LogP contribution in [0.25, 0.3) is 0 Å². The van der Waals surface area contributed by atoms with Crippen molar-refractivity contribution in [3.05, 3.63) is 17.5 Å². The van der Waals surface area contributed by atoms with Crippen molar-refractivity contribution in [1.29, 1.82) is 0 Å². The van der Waals surface area contributed by atoms with E-state index >= 15 is 0 Å². The second-order valence-electron chi connectivity index (χ2n) is 12.0. The third-order valence-electron chi connectivity index (χ3n) is 6.39. The second kappa shape index (κ2) is 10.2. The van der Waals surface area contributed by atoms with E-state index in [1.807, 2.05) is 0 Å². The lowest BCUT2D eigenvalue weighted by molar-refractivity contribution is -0.0527. The molecule has 3 N–H and O–H groups in total. The van der Waals surface area contributed by atoms with Gasteiger partial charge in [0.25, 0.3) is 0 Å². The number of nitrogens with one attached hydrogen (secondary N) is 2. The summed E-state index contributed by atoms with van der Waals surface area (Å²) in [5, 5.41) is 9.57. The lowest BCUT2D eigenvalue weighted by atomic mass is 9.84. The Balaban J connectivity index is 1.49. The normalized spacial score (nSPS) is 21.7. The SMILES string of the molecule is CC(C)(C)OC(=O)NC(=NCc1cc([C@@H]2CC3(CC3)[C@@H]3CN2C(=O)N3OS(=O)(=O)O)no1)NC(=O)OC(C)(C)C. The van der Waals surface area contributed by atoms with Gasteiger partial charge >= 0.3 is 28.6 Å². The van der Waals surface area contributed by atoms with Gasteiger partial charge in [0, 0.05) is 12.6 Å². The van der Waals surface area contributed by atoms with Gasteiger partial charge in [0.2, 0.25) is 5.96 Å². The van der Waals surface area contributed by atoms with Gasteiger partial charge in [0.15, 0.2) is 5.76 Å². The van der Waals surface area contributed by atoms with E-state index in [0.29, 0.717) is 12.1 Å². The van der Waals surface area contributed by atoms with Gasteiger partial charge in [-0.15, -0.1) is 4.28 Å². The fraction of sp³-hybridized carbons (Fsp3) is 0.696. The number of amides is 4. The maximum Gasteiger partial charge on any atom is 0.418 e. The lowest BCUT2D eigenvalue weighted by Crippen LogP contribution is -2.47. The van der Waals surface area contributed by atoms with Gasteiger partial charge in [0.1, 0.15) is 23.4 Å². The minimum atomic E-state index is -4.88. The average Bonchev–Trinajstić information content (AvgIpc) is 3.26. The fourth-order valence-corrected chi connectivity index (χ4v) is 5.08. The van der Waals surface area contributed by atoms with E-state index < -0.39 is 51.9 Å². The van der Waals surface area contributed by atoms with E-state index in [0.717, 1.165) is 17.9 Å². The molecule has 40 heavy (non-hydrogen) atoms. The number of piperidine rings is 1. The number of nitrogens with zero attached hydrogens (tertiary/aromatic N) is 4. The minimum Gasteiger partial charge on any atom is -0.444 e. The summed E-state index contributed by atoms with van der Waals surface area (Å²) in [5.41, 5.74) is -1.54. The highest BCUT2D eigenvalue weighted by atomic mass is 32.3. The highest BCUT2D eigenvalue weighted by molar-refractivity contribution is 7.80. The van der Waals surface area contributed by atoms with Crippen LogP contribution in [0.3, 0.4) is 0 Å². The van der Waals surface area contributed by atoms with E-state index in [1.165, 1.54) is 4.90 Å². The monoisotopic (exact) mass is 586 g/mol. The molecule has 2 aliphatic heterocycles. The van der Waals surface area contributed by atoms with Crippen LogP contribution in [0.2, 0.25) is 0 Å². The highest BCUT2D eigenvalue weighted by Crippen LogP contribution is 2.61. The molecule has 0 unspecified atom stereocenters. The van der Waals surface area contributed by atoms with Crippen molar-refractivity contribution in [2.75, 3.05) is 6.54 Å². The largest absolute Gasteiger partial charge is 0.444 e. The van der Waals surface area contributed by atoms with Crippen LogP contribution in [0.5, 0.6) is 0 Å². The predicted octanol–water partition coefficient (Wildman–Crippen LogP) is 2.65. The molecule has 3 heterocycles. The molecule has 17 heteroatoms. The molecule has 0 aromatic carbocycles. The van der Waals surface area contributed by atoms with Gasteiger partial charge in [-0.05, 0) is 66.2 Å². The van der Waals surface area contributed by atoms with Crippen LogP contribution in [0.1, 0.15) is 78.3 Å². The van der Waals surface area contributed by atoms with Crippen LogP contribution in [0.15, 0.2) is 15.6 Å². The maximum atomic E-state index is 13.0. The number of guanidine groups is 1. The molecule has 222 valence electrons. The zero-order chi connectivity index (χ0) is 29.7. The molecule has 1 spiro atoms. The Labute approximate surface area is 231 Å². The van der Waals surface area contributed by atoms with Gasteiger partial charge in [-0.3, -0.25) is 15.2 Å². The highest BCUT2D eigenvalue weighted by Gasteiger charge is 2.64. The van der Waals surface area contributed by atoms with E-state index in [2.05, 4.69) is 25.1 Å². The Kier molecular flexibility index (Phi) is 7.53. The number of alkyl carbamates (subject to hydrolysis) is 2. The van der Waals surface area contributed by atoms with Gasteiger partial charge in [-0.25, -0.2) is 19.4 Å². The van der Waals surface area contributed by atoms with Crippen LogP contribution < -0.4 is 10.6 Å². The first-order valence-corrected chi connectivity index (χ1v) is 14.0. The lowest BCUT2D eigenvalue weighted by Gasteiger charge is -2.35. The number of hydrogen-bond acceptors (Lipinski definition) is 11. The smallest absolute Gasteiger partial charge is 0.418 e. The molecule has 1 aliphatic carbocycles. The molecule has 2 saturated heterocycles. The van der Waals surface area contributed by atoms with Crippen molar-refractivity contribution in [3.8, 4) is 0 Å². The molecule has 0 radical (unpaired) electrons. The number of aliphatic imine (C=N–C) groups is 1. The van der Waals surface area contributed by atoms with Gasteiger partial charge in [-0.2, -0.15) is 13.5 Å². The number of urea groups is 1. The van der Waals surface area contributed by atoms with Gasteiger partial charge < -0.3 is 18.9 Å². The van der Waals surface area contributed by atoms with E-state index in [9.17, 15) is 22.8 Å². The van der Waals surface area contributed by atoms with Crippen molar-refractivity contribution in [1.82, 2.24) is 25.8 Å². The van der Waals surface area contributed by atoms with Gasteiger partial charge in [-0.1, -0.05) is 5.16 Å². The molecule has 1 aromatic rings. The van der Waals surface area contributed by atoms with E-state index in [4.69, 9.17) is 18.5 Å². The predicted molar refractivity (Wildman–Crippen MR) is 136 cm³/mol. The number of carbonyl (C=O) groups is 3. The summed E-state index contributed by atoms with van der Waals surface area (Å²) in [6, 6.07) is -0.163. The van der Waals surface area contributed by atoms with Crippen molar-refractivity contribution in [2.45, 2.75) is 90.6 Å². The molecule has 1 aromatic heterocycles. The van der Waals surface area contributed by atoms with Gasteiger partial charge in [0.05, 0.1) is 12.1 Å². The van der Waals surface area contributed by atoms with Crippen LogP contribution >= 0.6 is 0 Å². The molecular weight excluding hydrogens is 552 g/mol. The number of rotatable bonds is 5. The summed E-state index contributed by atoms with van der Waals surface area (Å²) < 4.78 is 52.2. The summed E-state index contributed by atoms with van der Waals surface area (Å²) >= 11 is 0. The second-order valence-corrected chi connectivity index (χ2v) is 13.0. The van der Waals surface area contributed by atoms with Crippen molar-refractivity contribution in [2.24, 2.45) is 10.4 Å². The Morgan fingerprint density at radius 2 is 1.73 bits per heavy atom. The third-order valence-corrected chi connectivity index (χ3v) is 6.74. The van der Waals surface area contributed by atoms with E-state index in [1.54, 1.807) is 47.6 Å². The first-order chi connectivity index (χ1) is 18.3. The molecule has 2 atom stereocenters. The average molecular weight is 587 g/mol. The number of carbonyl (C=O) groups excluding carboxylic acids is 3. The summed E-state index contributed by atoms with van der Waals surface area (Å²) in [7, 11) is -4.88. The zero-order valence-electron chi connectivity index (χ0n) is 23.1. The van der Waals surface area contributed by atoms with Crippen molar-refractivity contribution in [3.63, 3.8) is 0 Å². The summed E-state index contributed by atoms with van der Waals surface area (Å²) in [6.45, 7) is 10.1. The number of hydrogen-bond donors (Lipinski definition) is 3. The molecular formula is C23H34N6O10S. The standard InChI is InChI=1S/C23H34N6O10S/c1-21(2,3)36-18(30)25-17(26-19(31)37-22(4,5)6)24-11-13-9-14(27-38-13)15-10-23(7-8-23)16-12-28(15)20(32)29(16)39-40(33,34)35/h9,15-16H,7-8,10-12H2,1-6H3,(H,33,34,35)(H2,24,25,26,30,31)/t15-,16-/m0/s1.